The maximum Gasteiger partial charge on any atom is 0.407 e. The number of carbonyl (C=O) groups is 4. The molecule has 0 heterocycles. The van der Waals surface area contributed by atoms with Crippen molar-refractivity contribution in [3.05, 3.63) is 48.6 Å². The summed E-state index contributed by atoms with van der Waals surface area (Å²) in [5.41, 5.74) is 0.798. The number of benzene rings is 1. The Kier molecular flexibility index (Phi) is 12.1. The van der Waals surface area contributed by atoms with E-state index in [4.69, 9.17) is 14.2 Å². The van der Waals surface area contributed by atoms with Crippen molar-refractivity contribution in [2.24, 2.45) is 0 Å². The molecule has 0 spiro atoms. The summed E-state index contributed by atoms with van der Waals surface area (Å²) >= 11 is 0. The van der Waals surface area contributed by atoms with Gasteiger partial charge in [0.2, 0.25) is 5.91 Å². The first-order chi connectivity index (χ1) is 14.9. The molecule has 31 heavy (non-hydrogen) atoms. The van der Waals surface area contributed by atoms with Gasteiger partial charge in [0, 0.05) is 6.42 Å². The van der Waals surface area contributed by atoms with Crippen LogP contribution in [0.4, 0.5) is 4.79 Å². The average molecular weight is 434 g/mol. The van der Waals surface area contributed by atoms with E-state index in [0.717, 1.165) is 12.0 Å². The third kappa shape index (κ3) is 10.3. The van der Waals surface area contributed by atoms with Crippen LogP contribution < -0.4 is 10.6 Å². The van der Waals surface area contributed by atoms with Crippen LogP contribution in [0.1, 0.15) is 31.7 Å². The van der Waals surface area contributed by atoms with Gasteiger partial charge in [-0.25, -0.2) is 9.59 Å². The molecule has 0 saturated heterocycles. The molecule has 9 heteroatoms. The number of nitrogens with one attached hydrogen (secondary N) is 2. The van der Waals surface area contributed by atoms with Gasteiger partial charge >= 0.3 is 18.0 Å². The van der Waals surface area contributed by atoms with E-state index in [1.165, 1.54) is 13.2 Å². The smallest absolute Gasteiger partial charge is 0.407 e. The van der Waals surface area contributed by atoms with Gasteiger partial charge in [0.25, 0.3) is 0 Å². The SMILES string of the molecule is C=CCOC(=O)CC(NC(=O)OCCCC)C(=O)NC(Cc1ccccc1)C(=O)OC. The zero-order valence-electron chi connectivity index (χ0n) is 17.9. The van der Waals surface area contributed by atoms with E-state index in [2.05, 4.69) is 17.2 Å². The number of esters is 2. The monoisotopic (exact) mass is 434 g/mol. The van der Waals surface area contributed by atoms with Gasteiger partial charge in [-0.15, -0.1) is 0 Å². The molecule has 9 nitrogen and oxygen atoms in total. The predicted octanol–water partition coefficient (Wildman–Crippen LogP) is 1.90. The van der Waals surface area contributed by atoms with Gasteiger partial charge in [0.1, 0.15) is 18.7 Å². The van der Waals surface area contributed by atoms with Crippen molar-refractivity contribution in [1.82, 2.24) is 10.6 Å². The number of ether oxygens (including phenoxy) is 3. The lowest BCUT2D eigenvalue weighted by Crippen LogP contribution is -2.53. The molecule has 2 amide bonds. The third-order valence-corrected chi connectivity index (χ3v) is 4.16. The van der Waals surface area contributed by atoms with Crippen LogP contribution in [0, 0.1) is 0 Å². The molecule has 1 rings (SSSR count). The standard InChI is InChI=1S/C22H30N2O7/c1-4-6-13-31-22(28)24-17(15-19(25)30-12-5-2)20(26)23-18(21(27)29-3)14-16-10-8-7-9-11-16/h5,7-11,17-18H,2,4,6,12-15H2,1,3H3,(H,23,26)(H,24,28). The summed E-state index contributed by atoms with van der Waals surface area (Å²) in [6, 6.07) is 6.73. The summed E-state index contributed by atoms with van der Waals surface area (Å²) in [7, 11) is 1.21. The minimum atomic E-state index is -1.30. The molecule has 0 bridgehead atoms. The van der Waals surface area contributed by atoms with E-state index in [1.807, 2.05) is 13.0 Å². The Morgan fingerprint density at radius 2 is 1.77 bits per heavy atom. The van der Waals surface area contributed by atoms with Crippen LogP contribution in [0.3, 0.4) is 0 Å². The molecule has 0 aromatic heterocycles. The molecule has 0 radical (unpaired) electrons. The number of unbranched alkanes of at least 4 members (excludes halogenated alkanes) is 1. The predicted molar refractivity (Wildman–Crippen MR) is 113 cm³/mol. The zero-order chi connectivity index (χ0) is 23.1. The van der Waals surface area contributed by atoms with Crippen molar-refractivity contribution >= 4 is 23.9 Å². The Balaban J connectivity index is 2.89. The first-order valence-electron chi connectivity index (χ1n) is 10.0. The minimum absolute atomic E-state index is 0.0348. The normalized spacial score (nSPS) is 12.1. The van der Waals surface area contributed by atoms with Gasteiger partial charge in [-0.1, -0.05) is 56.3 Å². The molecular formula is C22H30N2O7. The van der Waals surface area contributed by atoms with Crippen molar-refractivity contribution in [2.75, 3.05) is 20.3 Å². The Bertz CT molecular complexity index is 737. The number of methoxy groups -OCH3 is 1. The van der Waals surface area contributed by atoms with Gasteiger partial charge in [0.15, 0.2) is 0 Å². The highest BCUT2D eigenvalue weighted by Gasteiger charge is 2.30. The Morgan fingerprint density at radius 3 is 2.39 bits per heavy atom. The molecule has 2 atom stereocenters. The number of amides is 2. The summed E-state index contributed by atoms with van der Waals surface area (Å²) in [4.78, 5) is 49.0. The lowest BCUT2D eigenvalue weighted by atomic mass is 10.1. The van der Waals surface area contributed by atoms with E-state index in [9.17, 15) is 19.2 Å². The summed E-state index contributed by atoms with van der Waals surface area (Å²) in [5.74, 6) is -2.11. The number of alkyl carbamates (subject to hydrolysis) is 1. The Hall–Kier alpha value is -3.36. The Morgan fingerprint density at radius 1 is 1.06 bits per heavy atom. The molecule has 0 aliphatic heterocycles. The van der Waals surface area contributed by atoms with Gasteiger partial charge < -0.3 is 24.8 Å². The number of hydrogen-bond acceptors (Lipinski definition) is 7. The van der Waals surface area contributed by atoms with Crippen LogP contribution in [-0.4, -0.2) is 56.3 Å². The molecule has 1 aromatic carbocycles. The van der Waals surface area contributed by atoms with Crippen LogP contribution in [0.25, 0.3) is 0 Å². The highest BCUT2D eigenvalue weighted by Crippen LogP contribution is 2.06. The van der Waals surface area contributed by atoms with Crippen LogP contribution >= 0.6 is 0 Å². The summed E-state index contributed by atoms with van der Waals surface area (Å²) in [5, 5.41) is 4.90. The second-order valence-electron chi connectivity index (χ2n) is 6.64. The summed E-state index contributed by atoms with van der Waals surface area (Å²) < 4.78 is 14.7. The number of hydrogen-bond donors (Lipinski definition) is 2. The fourth-order valence-corrected chi connectivity index (χ4v) is 2.54. The second kappa shape index (κ2) is 14.6. The minimum Gasteiger partial charge on any atom is -0.467 e. The first kappa shape index (κ1) is 25.7. The molecule has 0 fully saturated rings. The number of rotatable bonds is 13. The van der Waals surface area contributed by atoms with Gasteiger partial charge in [-0.05, 0) is 12.0 Å². The second-order valence-corrected chi connectivity index (χ2v) is 6.64. The third-order valence-electron chi connectivity index (χ3n) is 4.16. The fraction of sp³-hybridized carbons (Fsp3) is 0.455. The van der Waals surface area contributed by atoms with E-state index in [-0.39, 0.29) is 19.6 Å². The van der Waals surface area contributed by atoms with Crippen LogP contribution in [0.2, 0.25) is 0 Å². The maximum atomic E-state index is 12.8. The molecule has 170 valence electrons. The Labute approximate surface area is 182 Å². The van der Waals surface area contributed by atoms with E-state index < -0.39 is 42.4 Å². The number of carbonyl (C=O) groups excluding carboxylic acids is 4. The molecule has 0 aliphatic rings. The lowest BCUT2D eigenvalue weighted by molar-refractivity contribution is -0.146. The zero-order valence-corrected chi connectivity index (χ0v) is 17.9. The van der Waals surface area contributed by atoms with Crippen molar-refractivity contribution in [3.63, 3.8) is 0 Å². The molecule has 2 N–H and O–H groups in total. The average Bonchev–Trinajstić information content (AvgIpc) is 2.77. The van der Waals surface area contributed by atoms with Crippen LogP contribution in [0.15, 0.2) is 43.0 Å². The highest BCUT2D eigenvalue weighted by molar-refractivity contribution is 5.92. The van der Waals surface area contributed by atoms with E-state index in [0.29, 0.717) is 6.42 Å². The quantitative estimate of drug-likeness (QED) is 0.211. The van der Waals surface area contributed by atoms with E-state index in [1.54, 1.807) is 24.3 Å². The van der Waals surface area contributed by atoms with Crippen LogP contribution in [0.5, 0.6) is 0 Å². The van der Waals surface area contributed by atoms with E-state index >= 15 is 0 Å². The van der Waals surface area contributed by atoms with Crippen LogP contribution in [-0.2, 0) is 35.0 Å². The topological polar surface area (TPSA) is 120 Å². The van der Waals surface area contributed by atoms with Crippen molar-refractivity contribution in [2.45, 2.75) is 44.7 Å². The highest BCUT2D eigenvalue weighted by atomic mass is 16.5. The summed E-state index contributed by atoms with van der Waals surface area (Å²) in [6.07, 6.45) is 1.75. The molecule has 1 aromatic rings. The molecular weight excluding hydrogens is 404 g/mol. The largest absolute Gasteiger partial charge is 0.467 e. The van der Waals surface area contributed by atoms with Gasteiger partial charge in [-0.3, -0.25) is 9.59 Å². The summed E-state index contributed by atoms with van der Waals surface area (Å²) in [6.45, 7) is 5.53. The van der Waals surface area contributed by atoms with Gasteiger partial charge in [0.05, 0.1) is 20.1 Å². The van der Waals surface area contributed by atoms with Crippen molar-refractivity contribution in [3.8, 4) is 0 Å². The first-order valence-corrected chi connectivity index (χ1v) is 10.0. The maximum absolute atomic E-state index is 12.8. The van der Waals surface area contributed by atoms with Gasteiger partial charge in [-0.2, -0.15) is 0 Å². The molecule has 0 saturated carbocycles. The molecule has 0 aliphatic carbocycles. The lowest BCUT2D eigenvalue weighted by Gasteiger charge is -2.22. The fourth-order valence-electron chi connectivity index (χ4n) is 2.54. The van der Waals surface area contributed by atoms with Crippen molar-refractivity contribution < 1.29 is 33.4 Å². The van der Waals surface area contributed by atoms with Crippen molar-refractivity contribution in [1.29, 1.82) is 0 Å². The molecule has 2 unspecified atom stereocenters.